The van der Waals surface area contributed by atoms with Gasteiger partial charge in [0.25, 0.3) is 0 Å². The molecular weight excluding hydrogens is 384 g/mol. The quantitative estimate of drug-likeness (QED) is 0.394. The molecule has 0 aliphatic carbocycles. The van der Waals surface area contributed by atoms with Crippen LogP contribution in [0.15, 0.2) is 85.3 Å². The van der Waals surface area contributed by atoms with Gasteiger partial charge in [-0.25, -0.2) is 0 Å². The van der Waals surface area contributed by atoms with Gasteiger partial charge >= 0.3 is 0 Å². The fourth-order valence-electron chi connectivity index (χ4n) is 3.70. The molecule has 0 radical (unpaired) electrons. The lowest BCUT2D eigenvalue weighted by atomic mass is 10.1. The molecule has 2 aromatic heterocycles. The van der Waals surface area contributed by atoms with Crippen molar-refractivity contribution >= 4 is 0 Å². The molecule has 4 aromatic rings. The molecule has 0 saturated heterocycles. The molecule has 5 heteroatoms. The van der Waals surface area contributed by atoms with Crippen LogP contribution in [0, 0.1) is 6.92 Å². The van der Waals surface area contributed by atoms with Gasteiger partial charge in [-0.1, -0.05) is 42.5 Å². The van der Waals surface area contributed by atoms with Crippen molar-refractivity contribution in [2.75, 3.05) is 7.11 Å². The number of pyridine rings is 1. The third kappa shape index (κ3) is 5.58. The maximum atomic E-state index is 5.30. The van der Waals surface area contributed by atoms with Crippen LogP contribution in [-0.2, 0) is 26.2 Å². The first-order chi connectivity index (χ1) is 15.2. The highest BCUT2D eigenvalue weighted by atomic mass is 16.5. The van der Waals surface area contributed by atoms with Crippen LogP contribution >= 0.6 is 0 Å². The van der Waals surface area contributed by atoms with E-state index in [1.165, 1.54) is 27.9 Å². The van der Waals surface area contributed by atoms with E-state index in [1.54, 1.807) is 7.11 Å². The molecule has 4 rings (SSSR count). The Balaban J connectivity index is 1.52. The second-order valence-electron chi connectivity index (χ2n) is 7.75. The van der Waals surface area contributed by atoms with E-state index >= 15 is 0 Å². The molecule has 2 heterocycles. The van der Waals surface area contributed by atoms with Gasteiger partial charge in [-0.15, -0.1) is 0 Å². The van der Waals surface area contributed by atoms with Crippen molar-refractivity contribution in [1.82, 2.24) is 19.7 Å². The van der Waals surface area contributed by atoms with Gasteiger partial charge in [0.15, 0.2) is 0 Å². The van der Waals surface area contributed by atoms with Gasteiger partial charge in [0.05, 0.1) is 19.9 Å². The first-order valence-corrected chi connectivity index (χ1v) is 10.5. The number of hydrogen-bond donors (Lipinski definition) is 0. The molecular formula is C26H28N4O. The van der Waals surface area contributed by atoms with Crippen LogP contribution in [0.2, 0.25) is 0 Å². The number of ether oxygens (including phenoxy) is 1. The summed E-state index contributed by atoms with van der Waals surface area (Å²) < 4.78 is 7.39. The number of nitrogens with zero attached hydrogens (tertiary/aromatic N) is 4. The molecule has 31 heavy (non-hydrogen) atoms. The lowest BCUT2D eigenvalue weighted by Crippen LogP contribution is -2.22. The Morgan fingerprint density at radius 3 is 2.16 bits per heavy atom. The minimum absolute atomic E-state index is 0.787. The summed E-state index contributed by atoms with van der Waals surface area (Å²) in [5.41, 5.74) is 6.21. The highest BCUT2D eigenvalue weighted by Gasteiger charge is 2.13. The minimum Gasteiger partial charge on any atom is -0.497 e. The molecule has 0 bridgehead atoms. The van der Waals surface area contributed by atoms with Gasteiger partial charge in [0.2, 0.25) is 0 Å². The highest BCUT2D eigenvalue weighted by Crippen LogP contribution is 2.19. The fourth-order valence-corrected chi connectivity index (χ4v) is 3.70. The summed E-state index contributed by atoms with van der Waals surface area (Å²) in [5, 5.41) is 4.66. The third-order valence-corrected chi connectivity index (χ3v) is 5.49. The second kappa shape index (κ2) is 10.0. The molecule has 0 spiro atoms. The Morgan fingerprint density at radius 2 is 1.48 bits per heavy atom. The predicted octanol–water partition coefficient (Wildman–Crippen LogP) is 4.85. The van der Waals surface area contributed by atoms with Crippen LogP contribution in [0.5, 0.6) is 5.75 Å². The third-order valence-electron chi connectivity index (χ3n) is 5.49. The monoisotopic (exact) mass is 412 g/mol. The van der Waals surface area contributed by atoms with E-state index in [9.17, 15) is 0 Å². The van der Waals surface area contributed by atoms with E-state index in [1.807, 2.05) is 36.8 Å². The normalized spacial score (nSPS) is 11.1. The van der Waals surface area contributed by atoms with Crippen molar-refractivity contribution < 1.29 is 4.74 Å². The van der Waals surface area contributed by atoms with Gasteiger partial charge in [0, 0.05) is 43.3 Å². The predicted molar refractivity (Wildman–Crippen MR) is 123 cm³/mol. The Bertz CT molecular complexity index is 1080. The maximum Gasteiger partial charge on any atom is 0.118 e. The molecule has 5 nitrogen and oxygen atoms in total. The SMILES string of the molecule is COc1ccc(CN(Cc2ccncc2)Cc2cnn(Cc3ccccc3)c2C)cc1. The minimum atomic E-state index is 0.787. The highest BCUT2D eigenvalue weighted by molar-refractivity contribution is 5.27. The number of aromatic nitrogens is 3. The molecule has 0 aliphatic rings. The average molecular weight is 413 g/mol. The molecule has 0 amide bonds. The molecule has 0 N–H and O–H groups in total. The lowest BCUT2D eigenvalue weighted by Gasteiger charge is -2.23. The van der Waals surface area contributed by atoms with Gasteiger partial charge in [-0.3, -0.25) is 14.6 Å². The van der Waals surface area contributed by atoms with E-state index < -0.39 is 0 Å². The zero-order valence-corrected chi connectivity index (χ0v) is 18.1. The molecule has 0 aliphatic heterocycles. The summed E-state index contributed by atoms with van der Waals surface area (Å²) in [4.78, 5) is 6.59. The van der Waals surface area contributed by atoms with Gasteiger partial charge in [0.1, 0.15) is 5.75 Å². The van der Waals surface area contributed by atoms with Crippen molar-refractivity contribution in [1.29, 1.82) is 0 Å². The molecule has 0 atom stereocenters. The zero-order valence-electron chi connectivity index (χ0n) is 18.1. The fraction of sp³-hybridized carbons (Fsp3) is 0.231. The van der Waals surface area contributed by atoms with Crippen molar-refractivity contribution in [2.24, 2.45) is 0 Å². The van der Waals surface area contributed by atoms with Gasteiger partial charge in [-0.05, 0) is 47.9 Å². The summed E-state index contributed by atoms with van der Waals surface area (Å²) in [7, 11) is 1.70. The Morgan fingerprint density at radius 1 is 0.806 bits per heavy atom. The summed E-state index contributed by atoms with van der Waals surface area (Å²) in [6.45, 7) is 5.46. The largest absolute Gasteiger partial charge is 0.497 e. The van der Waals surface area contributed by atoms with Crippen molar-refractivity contribution in [3.63, 3.8) is 0 Å². The summed E-state index contributed by atoms with van der Waals surface area (Å²) >= 11 is 0. The lowest BCUT2D eigenvalue weighted by molar-refractivity contribution is 0.247. The van der Waals surface area contributed by atoms with Gasteiger partial charge < -0.3 is 4.74 Å². The Labute approximate surface area is 183 Å². The van der Waals surface area contributed by atoms with Crippen molar-refractivity contribution in [3.05, 3.63) is 113 Å². The smallest absolute Gasteiger partial charge is 0.118 e. The molecule has 0 unspecified atom stereocenters. The van der Waals surface area contributed by atoms with Crippen LogP contribution < -0.4 is 4.74 Å². The van der Waals surface area contributed by atoms with Gasteiger partial charge in [-0.2, -0.15) is 5.10 Å². The van der Waals surface area contributed by atoms with Crippen LogP contribution in [0.4, 0.5) is 0 Å². The van der Waals surface area contributed by atoms with Crippen LogP contribution in [0.1, 0.15) is 27.9 Å². The van der Waals surface area contributed by atoms with Crippen molar-refractivity contribution in [2.45, 2.75) is 33.1 Å². The number of benzene rings is 2. The van der Waals surface area contributed by atoms with E-state index in [0.717, 1.165) is 31.9 Å². The summed E-state index contributed by atoms with van der Waals surface area (Å²) in [6.07, 6.45) is 5.71. The van der Waals surface area contributed by atoms with E-state index in [2.05, 4.69) is 75.1 Å². The average Bonchev–Trinajstić information content (AvgIpc) is 3.14. The molecule has 158 valence electrons. The summed E-state index contributed by atoms with van der Waals surface area (Å²) in [6, 6.07) is 22.9. The zero-order chi connectivity index (χ0) is 21.5. The first kappa shape index (κ1) is 20.8. The number of rotatable bonds is 9. The standard InChI is InChI=1S/C26H28N4O/c1-21-25(16-28-30(21)19-22-6-4-3-5-7-22)20-29(18-24-12-14-27-15-13-24)17-23-8-10-26(31-2)11-9-23/h3-16H,17-20H2,1-2H3. The second-order valence-corrected chi connectivity index (χ2v) is 7.75. The first-order valence-electron chi connectivity index (χ1n) is 10.5. The van der Waals surface area contributed by atoms with E-state index in [0.29, 0.717) is 0 Å². The van der Waals surface area contributed by atoms with Crippen LogP contribution in [-0.4, -0.2) is 26.8 Å². The van der Waals surface area contributed by atoms with E-state index in [4.69, 9.17) is 4.74 Å². The molecule has 2 aromatic carbocycles. The number of methoxy groups -OCH3 is 1. The van der Waals surface area contributed by atoms with E-state index in [-0.39, 0.29) is 0 Å². The Kier molecular flexibility index (Phi) is 6.75. The molecule has 0 fully saturated rings. The summed E-state index contributed by atoms with van der Waals surface area (Å²) in [5.74, 6) is 0.877. The molecule has 0 saturated carbocycles. The van der Waals surface area contributed by atoms with Crippen molar-refractivity contribution in [3.8, 4) is 5.75 Å². The maximum absolute atomic E-state index is 5.30. The topological polar surface area (TPSA) is 43.2 Å². The number of hydrogen-bond acceptors (Lipinski definition) is 4. The Hall–Kier alpha value is -3.44. The van der Waals surface area contributed by atoms with Crippen LogP contribution in [0.3, 0.4) is 0 Å². The van der Waals surface area contributed by atoms with Crippen LogP contribution in [0.25, 0.3) is 0 Å².